The summed E-state index contributed by atoms with van der Waals surface area (Å²) in [5.74, 6) is -0.108. The zero-order valence-electron chi connectivity index (χ0n) is 14.6. The van der Waals surface area contributed by atoms with E-state index in [1.807, 2.05) is 36.4 Å². The molecule has 2 aromatic carbocycles. The van der Waals surface area contributed by atoms with E-state index in [1.165, 1.54) is 11.9 Å². The van der Waals surface area contributed by atoms with Gasteiger partial charge in [-0.3, -0.25) is 4.79 Å². The highest BCUT2D eigenvalue weighted by Gasteiger charge is 2.42. The molecule has 0 unspecified atom stereocenters. The van der Waals surface area contributed by atoms with Crippen LogP contribution in [0.1, 0.15) is 28.8 Å². The van der Waals surface area contributed by atoms with E-state index in [9.17, 15) is 4.79 Å². The van der Waals surface area contributed by atoms with E-state index in [0.29, 0.717) is 17.8 Å². The second-order valence-corrected chi connectivity index (χ2v) is 7.00. The predicted molar refractivity (Wildman–Crippen MR) is 102 cm³/mol. The van der Waals surface area contributed by atoms with Crippen molar-refractivity contribution >= 4 is 5.91 Å². The van der Waals surface area contributed by atoms with Crippen LogP contribution in [0, 0.1) is 5.41 Å². The predicted octanol–water partition coefficient (Wildman–Crippen LogP) is 3.90. The number of carbonyl (C=O) groups excluding carboxylic acids is 1. The minimum atomic E-state index is -0.108. The van der Waals surface area contributed by atoms with Crippen LogP contribution in [0.25, 0.3) is 11.3 Å². The lowest BCUT2D eigenvalue weighted by molar-refractivity contribution is 0.0944. The van der Waals surface area contributed by atoms with Gasteiger partial charge in [0.05, 0.1) is 11.3 Å². The number of carbonyl (C=O) groups is 1. The number of hydrogen-bond donors (Lipinski definition) is 1. The van der Waals surface area contributed by atoms with Gasteiger partial charge >= 0.3 is 0 Å². The number of amides is 1. The van der Waals surface area contributed by atoms with Crippen LogP contribution in [0.2, 0.25) is 0 Å². The molecule has 1 heterocycles. The van der Waals surface area contributed by atoms with Crippen molar-refractivity contribution in [3.63, 3.8) is 0 Å². The number of nitrogens with one attached hydrogen (secondary N) is 1. The number of nitrogens with zero attached hydrogens (tertiary/aromatic N) is 2. The molecule has 1 aliphatic rings. The molecule has 1 aromatic heterocycles. The van der Waals surface area contributed by atoms with Gasteiger partial charge in [-0.1, -0.05) is 60.7 Å². The Morgan fingerprint density at radius 2 is 1.69 bits per heavy atom. The first-order valence-corrected chi connectivity index (χ1v) is 8.93. The molecule has 130 valence electrons. The molecular formula is C22H21N3O. The van der Waals surface area contributed by atoms with Crippen LogP contribution in [-0.2, 0) is 6.42 Å². The van der Waals surface area contributed by atoms with Crippen molar-refractivity contribution in [2.24, 2.45) is 5.41 Å². The van der Waals surface area contributed by atoms with Crippen molar-refractivity contribution in [2.45, 2.75) is 19.3 Å². The van der Waals surface area contributed by atoms with Crippen molar-refractivity contribution in [3.8, 4) is 11.3 Å². The molecule has 0 bridgehead atoms. The first-order chi connectivity index (χ1) is 12.8. The number of hydrogen-bond acceptors (Lipinski definition) is 3. The summed E-state index contributed by atoms with van der Waals surface area (Å²) in [6, 6.07) is 20.2. The van der Waals surface area contributed by atoms with Gasteiger partial charge in [-0.05, 0) is 30.2 Å². The van der Waals surface area contributed by atoms with Crippen LogP contribution in [0.5, 0.6) is 0 Å². The van der Waals surface area contributed by atoms with Crippen LogP contribution in [0.4, 0.5) is 0 Å². The highest BCUT2D eigenvalue weighted by Crippen LogP contribution is 2.47. The maximum Gasteiger partial charge on any atom is 0.255 e. The Bertz CT molecular complexity index is 890. The van der Waals surface area contributed by atoms with Crippen molar-refractivity contribution in [1.29, 1.82) is 0 Å². The molecule has 4 nitrogen and oxygen atoms in total. The minimum absolute atomic E-state index is 0.108. The van der Waals surface area contributed by atoms with Crippen LogP contribution >= 0.6 is 0 Å². The Balaban J connectivity index is 1.46. The molecule has 4 rings (SSSR count). The van der Waals surface area contributed by atoms with E-state index in [0.717, 1.165) is 24.8 Å². The van der Waals surface area contributed by atoms with E-state index in [4.69, 9.17) is 0 Å². The molecule has 1 amide bonds. The smallest absolute Gasteiger partial charge is 0.255 e. The summed E-state index contributed by atoms with van der Waals surface area (Å²) < 4.78 is 0. The van der Waals surface area contributed by atoms with E-state index >= 15 is 0 Å². The quantitative estimate of drug-likeness (QED) is 0.738. The van der Waals surface area contributed by atoms with E-state index in [1.54, 1.807) is 6.20 Å². The van der Waals surface area contributed by atoms with Gasteiger partial charge in [0.2, 0.25) is 0 Å². The third-order valence-electron chi connectivity index (χ3n) is 5.01. The second-order valence-electron chi connectivity index (χ2n) is 7.00. The van der Waals surface area contributed by atoms with Gasteiger partial charge in [-0.2, -0.15) is 0 Å². The molecule has 0 atom stereocenters. The third-order valence-corrected chi connectivity index (χ3v) is 5.01. The topological polar surface area (TPSA) is 54.9 Å². The summed E-state index contributed by atoms with van der Waals surface area (Å²) >= 11 is 0. The first-order valence-electron chi connectivity index (χ1n) is 8.93. The molecule has 1 aliphatic carbocycles. The van der Waals surface area contributed by atoms with Crippen molar-refractivity contribution in [1.82, 2.24) is 15.3 Å². The lowest BCUT2D eigenvalue weighted by Crippen LogP contribution is -2.31. The summed E-state index contributed by atoms with van der Waals surface area (Å²) in [5, 5.41) is 3.11. The summed E-state index contributed by atoms with van der Waals surface area (Å²) in [7, 11) is 0. The number of aromatic nitrogens is 2. The fourth-order valence-electron chi connectivity index (χ4n) is 3.31. The molecule has 1 saturated carbocycles. The van der Waals surface area contributed by atoms with Gasteiger partial charge < -0.3 is 5.32 Å². The molecule has 1 N–H and O–H groups in total. The summed E-state index contributed by atoms with van der Waals surface area (Å²) in [4.78, 5) is 21.1. The fourth-order valence-corrected chi connectivity index (χ4v) is 3.31. The maximum atomic E-state index is 12.8. The zero-order valence-corrected chi connectivity index (χ0v) is 14.6. The molecule has 0 radical (unpaired) electrons. The monoisotopic (exact) mass is 343 g/mol. The van der Waals surface area contributed by atoms with Gasteiger partial charge in [-0.15, -0.1) is 0 Å². The van der Waals surface area contributed by atoms with Crippen LogP contribution in [0.15, 0.2) is 73.2 Å². The first kappa shape index (κ1) is 16.5. The highest BCUT2D eigenvalue weighted by atomic mass is 16.1. The summed E-state index contributed by atoms with van der Waals surface area (Å²) in [6.07, 6.45) is 6.39. The molecule has 26 heavy (non-hydrogen) atoms. The normalized spacial score (nSPS) is 14.6. The Hall–Kier alpha value is -3.01. The average molecular weight is 343 g/mol. The standard InChI is InChI=1S/C22H21N3O/c26-21(19-14-23-16-25-20(19)18-9-5-2-6-10-18)24-15-22(11-12-22)13-17-7-3-1-4-8-17/h1-10,14,16H,11-13,15H2,(H,24,26). The van der Waals surface area contributed by atoms with Crippen LogP contribution in [-0.4, -0.2) is 22.4 Å². The number of rotatable bonds is 6. The molecule has 3 aromatic rings. The number of benzene rings is 2. The summed E-state index contributed by atoms with van der Waals surface area (Å²) in [5.41, 5.74) is 3.64. The summed E-state index contributed by atoms with van der Waals surface area (Å²) in [6.45, 7) is 0.684. The SMILES string of the molecule is O=C(NCC1(Cc2ccccc2)CC1)c1cncnc1-c1ccccc1. The highest BCUT2D eigenvalue weighted by molar-refractivity contribution is 5.99. The van der Waals surface area contributed by atoms with E-state index < -0.39 is 0 Å². The Morgan fingerprint density at radius 1 is 1.00 bits per heavy atom. The van der Waals surface area contributed by atoms with Gasteiger partial charge in [-0.25, -0.2) is 9.97 Å². The Morgan fingerprint density at radius 3 is 2.38 bits per heavy atom. The van der Waals surface area contributed by atoms with Gasteiger partial charge in [0.25, 0.3) is 5.91 Å². The average Bonchev–Trinajstić information content (AvgIpc) is 3.47. The maximum absolute atomic E-state index is 12.8. The van der Waals surface area contributed by atoms with Crippen molar-refractivity contribution in [3.05, 3.63) is 84.3 Å². The third kappa shape index (κ3) is 3.64. The Kier molecular flexibility index (Phi) is 4.48. The lowest BCUT2D eigenvalue weighted by Gasteiger charge is -2.17. The van der Waals surface area contributed by atoms with Gasteiger partial charge in [0, 0.05) is 18.3 Å². The van der Waals surface area contributed by atoms with Gasteiger partial charge in [0.1, 0.15) is 6.33 Å². The largest absolute Gasteiger partial charge is 0.351 e. The zero-order chi connectivity index (χ0) is 17.8. The Labute approximate surface area is 153 Å². The molecule has 0 spiro atoms. The van der Waals surface area contributed by atoms with Crippen molar-refractivity contribution in [2.75, 3.05) is 6.54 Å². The molecule has 1 fully saturated rings. The van der Waals surface area contributed by atoms with Gasteiger partial charge in [0.15, 0.2) is 0 Å². The van der Waals surface area contributed by atoms with Crippen molar-refractivity contribution < 1.29 is 4.79 Å². The van der Waals surface area contributed by atoms with E-state index in [2.05, 4.69) is 39.6 Å². The second kappa shape index (κ2) is 7.08. The molecule has 4 heteroatoms. The minimum Gasteiger partial charge on any atom is -0.351 e. The molecule has 0 saturated heterocycles. The lowest BCUT2D eigenvalue weighted by atomic mass is 9.96. The molecular weight excluding hydrogens is 322 g/mol. The molecule has 0 aliphatic heterocycles. The fraction of sp³-hybridized carbons (Fsp3) is 0.227. The van der Waals surface area contributed by atoms with Crippen LogP contribution in [0.3, 0.4) is 0 Å². The van der Waals surface area contributed by atoms with E-state index in [-0.39, 0.29) is 11.3 Å². The van der Waals surface area contributed by atoms with Crippen LogP contribution < -0.4 is 5.32 Å².